The lowest BCUT2D eigenvalue weighted by molar-refractivity contribution is -0.139. The smallest absolute Gasteiger partial charge is 0.416 e. The highest BCUT2D eigenvalue weighted by atomic mass is 32.1. The lowest BCUT2D eigenvalue weighted by Gasteiger charge is -2.10. The minimum absolute atomic E-state index is 0.174. The maximum absolute atomic E-state index is 13.0. The first kappa shape index (κ1) is 31.3. The molecule has 0 spiro atoms. The quantitative estimate of drug-likeness (QED) is 0.319. The predicted octanol–water partition coefficient (Wildman–Crippen LogP) is 5.12. The van der Waals surface area contributed by atoms with E-state index in [-0.39, 0.29) is 26.5 Å². The Kier molecular flexibility index (Phi) is 9.87. The Morgan fingerprint density at radius 3 is 2.24 bits per heavy atom. The molecule has 3 aromatic rings. The second-order valence-corrected chi connectivity index (χ2v) is 10.7. The first-order valence-corrected chi connectivity index (χ1v) is 13.4. The lowest BCUT2D eigenvalue weighted by Crippen LogP contribution is -2.38. The summed E-state index contributed by atoms with van der Waals surface area (Å²) >= 11 is 0.968. The molecule has 9 nitrogen and oxygen atoms in total. The number of nitrogens with zero attached hydrogens (tertiary/aromatic N) is 2. The molecule has 1 aromatic heterocycles. The van der Waals surface area contributed by atoms with Gasteiger partial charge in [0.2, 0.25) is 0 Å². The van der Waals surface area contributed by atoms with Crippen LogP contribution in [0.3, 0.4) is 0 Å². The van der Waals surface area contributed by atoms with Crippen molar-refractivity contribution in [1.29, 1.82) is 0 Å². The van der Waals surface area contributed by atoms with Crippen molar-refractivity contribution in [2.75, 3.05) is 5.32 Å². The average Bonchev–Trinajstić information content (AvgIpc) is 3.21. The van der Waals surface area contributed by atoms with Crippen molar-refractivity contribution in [2.24, 2.45) is 10.9 Å². The second-order valence-electron chi connectivity index (χ2n) is 9.69. The summed E-state index contributed by atoms with van der Waals surface area (Å²) in [7, 11) is 0. The molecule has 1 atom stereocenters. The molecule has 1 heterocycles. The number of aromatic nitrogens is 1. The fourth-order valence-electron chi connectivity index (χ4n) is 3.64. The topological polar surface area (TPSA) is 130 Å². The molecule has 0 saturated heterocycles. The van der Waals surface area contributed by atoms with Gasteiger partial charge in [0.1, 0.15) is 10.9 Å². The number of carboxylic acid groups (broad SMARTS) is 1. The van der Waals surface area contributed by atoms with Gasteiger partial charge in [-0.3, -0.25) is 19.2 Å². The Bertz CT molecular complexity index is 1520. The molecule has 0 aliphatic heterocycles. The molecule has 2 aromatic carbocycles. The summed E-state index contributed by atoms with van der Waals surface area (Å²) < 4.78 is 40.6. The van der Waals surface area contributed by atoms with Gasteiger partial charge in [0.05, 0.1) is 5.56 Å². The van der Waals surface area contributed by atoms with Crippen LogP contribution in [0.4, 0.5) is 18.9 Å². The second kappa shape index (κ2) is 12.9. The summed E-state index contributed by atoms with van der Waals surface area (Å²) in [6.07, 6.45) is -3.84. The number of halogens is 3. The standard InChI is InChI=1S/C28H29F3N4O5S/c1-15(2)12-13-35-17(4)22(25(38)32-16(3)26(39)40)41-27(35)34-23(36)18-8-10-21(11-9-18)33-24(37)19-6-5-7-20(14-19)28(29,30)31/h5-11,14-16H,12-13H2,1-4H3,(H,32,38)(H,33,37)(H,39,40)/t16-/m1/s1. The van der Waals surface area contributed by atoms with E-state index in [0.29, 0.717) is 18.2 Å². The Morgan fingerprint density at radius 2 is 1.66 bits per heavy atom. The molecule has 13 heteroatoms. The third-order valence-corrected chi connectivity index (χ3v) is 7.23. The first-order valence-electron chi connectivity index (χ1n) is 12.6. The zero-order valence-corrected chi connectivity index (χ0v) is 23.5. The van der Waals surface area contributed by atoms with Gasteiger partial charge in [0.15, 0.2) is 4.80 Å². The summed E-state index contributed by atoms with van der Waals surface area (Å²) in [6, 6.07) is 8.58. The van der Waals surface area contributed by atoms with Crippen molar-refractivity contribution >= 4 is 40.7 Å². The number of benzene rings is 2. The maximum atomic E-state index is 13.0. The number of anilines is 1. The number of alkyl halides is 3. The zero-order chi connectivity index (χ0) is 30.5. The molecule has 0 aliphatic carbocycles. The van der Waals surface area contributed by atoms with Gasteiger partial charge in [-0.2, -0.15) is 18.2 Å². The van der Waals surface area contributed by atoms with E-state index >= 15 is 0 Å². The van der Waals surface area contributed by atoms with E-state index in [9.17, 15) is 32.3 Å². The van der Waals surface area contributed by atoms with E-state index in [4.69, 9.17) is 5.11 Å². The molecule has 3 N–H and O–H groups in total. The Balaban J connectivity index is 1.84. The fourth-order valence-corrected chi connectivity index (χ4v) is 4.70. The van der Waals surface area contributed by atoms with Crippen molar-refractivity contribution in [3.05, 3.63) is 80.6 Å². The van der Waals surface area contributed by atoms with E-state index in [1.807, 2.05) is 13.8 Å². The molecule has 0 unspecified atom stereocenters. The van der Waals surface area contributed by atoms with Crippen LogP contribution >= 0.6 is 11.3 Å². The van der Waals surface area contributed by atoms with Gasteiger partial charge in [-0.1, -0.05) is 31.3 Å². The van der Waals surface area contributed by atoms with Crippen LogP contribution in [0.2, 0.25) is 0 Å². The number of hydrogen-bond donors (Lipinski definition) is 3. The number of aliphatic carboxylic acids is 1. The molecule has 218 valence electrons. The van der Waals surface area contributed by atoms with E-state index < -0.39 is 41.5 Å². The van der Waals surface area contributed by atoms with Gasteiger partial charge in [-0.25, -0.2) is 0 Å². The first-order chi connectivity index (χ1) is 19.2. The van der Waals surface area contributed by atoms with Crippen LogP contribution in [0.15, 0.2) is 53.5 Å². The number of hydrogen-bond acceptors (Lipinski definition) is 5. The Labute approximate surface area is 237 Å². The molecule has 0 saturated carbocycles. The van der Waals surface area contributed by atoms with E-state index in [1.54, 1.807) is 11.5 Å². The molecule has 0 radical (unpaired) electrons. The average molecular weight is 591 g/mol. The SMILES string of the molecule is Cc1c(C(=O)N[C@H](C)C(=O)O)sc(=NC(=O)c2ccc(NC(=O)c3cccc(C(F)(F)F)c3)cc2)n1CCC(C)C. The summed E-state index contributed by atoms with van der Waals surface area (Å²) in [5.41, 5.74) is -0.140. The molecule has 0 aliphatic rings. The third-order valence-electron chi connectivity index (χ3n) is 6.05. The summed E-state index contributed by atoms with van der Waals surface area (Å²) in [4.78, 5) is 54.1. The number of carbonyl (C=O) groups excluding carboxylic acids is 3. The summed E-state index contributed by atoms with van der Waals surface area (Å²) in [5.74, 6) is -2.81. The van der Waals surface area contributed by atoms with Crippen LogP contribution in [-0.4, -0.2) is 39.4 Å². The number of thiazole rings is 1. The van der Waals surface area contributed by atoms with Crippen LogP contribution in [-0.2, 0) is 17.5 Å². The highest BCUT2D eigenvalue weighted by Gasteiger charge is 2.31. The molecular formula is C28H29F3N4O5S. The summed E-state index contributed by atoms with van der Waals surface area (Å²) in [5, 5.41) is 14.0. The minimum atomic E-state index is -4.59. The molecular weight excluding hydrogens is 561 g/mol. The van der Waals surface area contributed by atoms with Crippen molar-refractivity contribution in [3.63, 3.8) is 0 Å². The predicted molar refractivity (Wildman–Crippen MR) is 147 cm³/mol. The number of carboxylic acids is 1. The number of nitrogens with one attached hydrogen (secondary N) is 2. The number of rotatable bonds is 9. The number of carbonyl (C=O) groups is 4. The Morgan fingerprint density at radius 1 is 1.00 bits per heavy atom. The van der Waals surface area contributed by atoms with Gasteiger partial charge in [-0.15, -0.1) is 0 Å². The van der Waals surface area contributed by atoms with E-state index in [2.05, 4.69) is 15.6 Å². The van der Waals surface area contributed by atoms with Gasteiger partial charge in [0.25, 0.3) is 17.7 Å². The van der Waals surface area contributed by atoms with Crippen LogP contribution in [0.1, 0.15) is 68.8 Å². The highest BCUT2D eigenvalue weighted by molar-refractivity contribution is 7.11. The van der Waals surface area contributed by atoms with Crippen LogP contribution in [0.25, 0.3) is 0 Å². The van der Waals surface area contributed by atoms with Crippen molar-refractivity contribution in [3.8, 4) is 0 Å². The minimum Gasteiger partial charge on any atom is -0.480 e. The monoisotopic (exact) mass is 590 g/mol. The van der Waals surface area contributed by atoms with Crippen molar-refractivity contribution in [2.45, 2.75) is 52.9 Å². The maximum Gasteiger partial charge on any atom is 0.416 e. The van der Waals surface area contributed by atoms with Crippen LogP contribution in [0.5, 0.6) is 0 Å². The van der Waals surface area contributed by atoms with E-state index in [1.165, 1.54) is 37.3 Å². The molecule has 3 amide bonds. The van der Waals surface area contributed by atoms with Crippen LogP contribution < -0.4 is 15.4 Å². The van der Waals surface area contributed by atoms with Gasteiger partial charge >= 0.3 is 12.1 Å². The van der Waals surface area contributed by atoms with Crippen molar-refractivity contribution in [1.82, 2.24) is 9.88 Å². The fraction of sp³-hybridized carbons (Fsp3) is 0.321. The molecule has 3 rings (SSSR count). The zero-order valence-electron chi connectivity index (χ0n) is 22.7. The van der Waals surface area contributed by atoms with E-state index in [0.717, 1.165) is 36.0 Å². The lowest BCUT2D eigenvalue weighted by atomic mass is 10.1. The largest absolute Gasteiger partial charge is 0.480 e. The van der Waals surface area contributed by atoms with Gasteiger partial charge < -0.3 is 20.3 Å². The van der Waals surface area contributed by atoms with Gasteiger partial charge in [0, 0.05) is 29.1 Å². The molecule has 0 bridgehead atoms. The van der Waals surface area contributed by atoms with Gasteiger partial charge in [-0.05, 0) is 68.7 Å². The number of amides is 3. The molecule has 0 fully saturated rings. The Hall–Kier alpha value is -4.26. The summed E-state index contributed by atoms with van der Waals surface area (Å²) in [6.45, 7) is 7.58. The van der Waals surface area contributed by atoms with Crippen LogP contribution in [0, 0.1) is 12.8 Å². The third kappa shape index (κ3) is 8.13. The molecule has 41 heavy (non-hydrogen) atoms. The highest BCUT2D eigenvalue weighted by Crippen LogP contribution is 2.29. The van der Waals surface area contributed by atoms with Crippen molar-refractivity contribution < 1.29 is 37.5 Å². The normalized spacial score (nSPS) is 12.7.